The van der Waals surface area contributed by atoms with Crippen molar-refractivity contribution in [3.8, 4) is 5.75 Å². The summed E-state index contributed by atoms with van der Waals surface area (Å²) in [6, 6.07) is 6.22. The minimum atomic E-state index is -1.06. The Morgan fingerprint density at radius 1 is 1.22 bits per heavy atom. The van der Waals surface area contributed by atoms with Crippen LogP contribution in [-0.2, 0) is 14.3 Å². The maximum Gasteiger partial charge on any atom is 0.318 e. The van der Waals surface area contributed by atoms with Crippen molar-refractivity contribution in [2.45, 2.75) is 24.8 Å². The number of carbonyl (C=O) groups is 3. The second-order valence-electron chi connectivity index (χ2n) is 4.97. The summed E-state index contributed by atoms with van der Waals surface area (Å²) in [5.74, 6) is -0.803. The highest BCUT2D eigenvalue weighted by atomic mass is 32.2. The Morgan fingerprint density at radius 2 is 1.83 bits per heavy atom. The number of benzene rings is 1. The molecule has 1 aromatic carbocycles. The number of amides is 3. The number of ether oxygens (including phenoxy) is 2. The van der Waals surface area contributed by atoms with Gasteiger partial charge in [0.25, 0.3) is 5.91 Å². The molecule has 7 nitrogen and oxygen atoms in total. The lowest BCUT2D eigenvalue weighted by molar-refractivity contribution is -0.155. The number of nitrogens with two attached hydrogens (primary N) is 1. The molecule has 0 aromatic heterocycles. The third kappa shape index (κ3) is 6.60. The summed E-state index contributed by atoms with van der Waals surface area (Å²) in [6.07, 6.45) is -1.06. The standard InChI is InChI=1S/C15H20N2O5S/c1-9(2)13(14(19)17-15(16)20)22-12(18)8-23-11-6-4-10(21-3)5-7-11/h4-7,9,13H,8H2,1-3H3,(H3,16,17,19,20)/t13-/m1/s1. The first-order valence-electron chi connectivity index (χ1n) is 6.90. The number of thioether (sulfide) groups is 1. The van der Waals surface area contributed by atoms with Gasteiger partial charge in [0.05, 0.1) is 12.9 Å². The Balaban J connectivity index is 2.54. The SMILES string of the molecule is COc1ccc(SCC(=O)O[C@@H](C(=O)NC(N)=O)C(C)C)cc1. The van der Waals surface area contributed by atoms with Gasteiger partial charge in [0, 0.05) is 4.90 Å². The molecule has 0 spiro atoms. The van der Waals surface area contributed by atoms with Crippen LogP contribution in [0.15, 0.2) is 29.2 Å². The molecule has 0 aliphatic carbocycles. The number of urea groups is 1. The second kappa shape index (κ2) is 9.04. The average molecular weight is 340 g/mol. The molecule has 0 aliphatic rings. The molecule has 0 radical (unpaired) electrons. The maximum absolute atomic E-state index is 11.9. The summed E-state index contributed by atoms with van der Waals surface area (Å²) in [6.45, 7) is 3.41. The van der Waals surface area contributed by atoms with Crippen LogP contribution < -0.4 is 15.8 Å². The first-order chi connectivity index (χ1) is 10.8. The van der Waals surface area contributed by atoms with Crippen molar-refractivity contribution >= 4 is 29.7 Å². The number of primary amides is 1. The van der Waals surface area contributed by atoms with Crippen LogP contribution >= 0.6 is 11.8 Å². The zero-order chi connectivity index (χ0) is 17.4. The smallest absolute Gasteiger partial charge is 0.318 e. The van der Waals surface area contributed by atoms with Gasteiger partial charge in [-0.1, -0.05) is 13.8 Å². The van der Waals surface area contributed by atoms with Crippen LogP contribution in [0.5, 0.6) is 5.75 Å². The van der Waals surface area contributed by atoms with Gasteiger partial charge in [-0.3, -0.25) is 14.9 Å². The Bertz CT molecular complexity index is 559. The highest BCUT2D eigenvalue weighted by Crippen LogP contribution is 2.21. The van der Waals surface area contributed by atoms with E-state index in [1.807, 2.05) is 17.4 Å². The van der Waals surface area contributed by atoms with Gasteiger partial charge >= 0.3 is 12.0 Å². The zero-order valence-electron chi connectivity index (χ0n) is 13.2. The van der Waals surface area contributed by atoms with Crippen LogP contribution in [0.2, 0.25) is 0 Å². The summed E-state index contributed by atoms with van der Waals surface area (Å²) in [7, 11) is 1.57. The molecule has 0 aliphatic heterocycles. The molecule has 3 amide bonds. The molecule has 0 saturated carbocycles. The molecule has 23 heavy (non-hydrogen) atoms. The number of carbonyl (C=O) groups excluding carboxylic acids is 3. The summed E-state index contributed by atoms with van der Waals surface area (Å²) >= 11 is 1.27. The first kappa shape index (κ1) is 18.8. The number of methoxy groups -OCH3 is 1. The summed E-state index contributed by atoms with van der Waals surface area (Å²) in [5.41, 5.74) is 4.89. The fourth-order valence-corrected chi connectivity index (χ4v) is 2.36. The predicted molar refractivity (Wildman–Crippen MR) is 86.2 cm³/mol. The molecular weight excluding hydrogens is 320 g/mol. The third-order valence-corrected chi connectivity index (χ3v) is 3.77. The van der Waals surface area contributed by atoms with Crippen molar-refractivity contribution < 1.29 is 23.9 Å². The highest BCUT2D eigenvalue weighted by molar-refractivity contribution is 8.00. The van der Waals surface area contributed by atoms with Crippen molar-refractivity contribution in [1.29, 1.82) is 0 Å². The van der Waals surface area contributed by atoms with Crippen LogP contribution in [0.3, 0.4) is 0 Å². The zero-order valence-corrected chi connectivity index (χ0v) is 14.0. The third-order valence-electron chi connectivity index (χ3n) is 2.78. The van der Waals surface area contributed by atoms with E-state index in [1.165, 1.54) is 11.8 Å². The van der Waals surface area contributed by atoms with E-state index >= 15 is 0 Å². The Morgan fingerprint density at radius 3 is 2.30 bits per heavy atom. The van der Waals surface area contributed by atoms with E-state index in [4.69, 9.17) is 15.2 Å². The number of imide groups is 1. The van der Waals surface area contributed by atoms with E-state index in [1.54, 1.807) is 33.1 Å². The summed E-state index contributed by atoms with van der Waals surface area (Å²) < 4.78 is 10.2. The molecule has 3 N–H and O–H groups in total. The number of rotatable bonds is 7. The minimum absolute atomic E-state index is 0.0411. The van der Waals surface area contributed by atoms with Gasteiger partial charge in [0.1, 0.15) is 5.75 Å². The summed E-state index contributed by atoms with van der Waals surface area (Å²) in [4.78, 5) is 35.2. The number of hydrogen-bond donors (Lipinski definition) is 2. The average Bonchev–Trinajstić information content (AvgIpc) is 2.50. The van der Waals surface area contributed by atoms with E-state index in [9.17, 15) is 14.4 Å². The minimum Gasteiger partial charge on any atom is -0.497 e. The quantitative estimate of drug-likeness (QED) is 0.576. The molecule has 1 aromatic rings. The monoisotopic (exact) mass is 340 g/mol. The van der Waals surface area contributed by atoms with Gasteiger partial charge < -0.3 is 15.2 Å². The molecule has 126 valence electrons. The van der Waals surface area contributed by atoms with Crippen molar-refractivity contribution in [3.05, 3.63) is 24.3 Å². The Kier molecular flexibility index (Phi) is 7.40. The van der Waals surface area contributed by atoms with Crippen LogP contribution in [-0.4, -0.2) is 36.9 Å². The topological polar surface area (TPSA) is 108 Å². The van der Waals surface area contributed by atoms with Gasteiger partial charge in [-0.25, -0.2) is 4.79 Å². The molecule has 8 heteroatoms. The van der Waals surface area contributed by atoms with Crippen LogP contribution in [0, 0.1) is 5.92 Å². The van der Waals surface area contributed by atoms with Crippen LogP contribution in [0.1, 0.15) is 13.8 Å². The van der Waals surface area contributed by atoms with E-state index in [2.05, 4.69) is 0 Å². The fourth-order valence-electron chi connectivity index (χ4n) is 1.67. The fraction of sp³-hybridized carbons (Fsp3) is 0.400. The van der Waals surface area contributed by atoms with Crippen molar-refractivity contribution in [2.24, 2.45) is 11.7 Å². The van der Waals surface area contributed by atoms with Crippen molar-refractivity contribution in [1.82, 2.24) is 5.32 Å². The number of nitrogens with one attached hydrogen (secondary N) is 1. The molecule has 0 heterocycles. The molecule has 0 saturated heterocycles. The van der Waals surface area contributed by atoms with Gasteiger partial charge in [-0.05, 0) is 30.2 Å². The Hall–Kier alpha value is -2.22. The number of hydrogen-bond acceptors (Lipinski definition) is 6. The lowest BCUT2D eigenvalue weighted by Crippen LogP contribution is -2.45. The first-order valence-corrected chi connectivity index (χ1v) is 7.88. The van der Waals surface area contributed by atoms with Crippen molar-refractivity contribution in [3.63, 3.8) is 0 Å². The van der Waals surface area contributed by atoms with E-state index in [0.29, 0.717) is 0 Å². The largest absolute Gasteiger partial charge is 0.497 e. The molecule has 1 atom stereocenters. The summed E-state index contributed by atoms with van der Waals surface area (Å²) in [5, 5.41) is 1.92. The number of esters is 1. The van der Waals surface area contributed by atoms with Crippen LogP contribution in [0.4, 0.5) is 4.79 Å². The molecule has 1 rings (SSSR count). The van der Waals surface area contributed by atoms with Gasteiger partial charge in [-0.15, -0.1) is 11.8 Å². The highest BCUT2D eigenvalue weighted by Gasteiger charge is 2.27. The van der Waals surface area contributed by atoms with Gasteiger partial charge in [0.15, 0.2) is 6.10 Å². The van der Waals surface area contributed by atoms with E-state index in [-0.39, 0.29) is 11.7 Å². The lowest BCUT2D eigenvalue weighted by atomic mass is 10.1. The molecule has 0 bridgehead atoms. The predicted octanol–water partition coefficient (Wildman–Crippen LogP) is 1.55. The van der Waals surface area contributed by atoms with E-state index < -0.39 is 24.0 Å². The molecule has 0 unspecified atom stereocenters. The lowest BCUT2D eigenvalue weighted by Gasteiger charge is -2.19. The van der Waals surface area contributed by atoms with Gasteiger partial charge in [-0.2, -0.15) is 0 Å². The Labute approximate surface area is 138 Å². The van der Waals surface area contributed by atoms with E-state index in [0.717, 1.165) is 10.6 Å². The van der Waals surface area contributed by atoms with Crippen molar-refractivity contribution in [2.75, 3.05) is 12.9 Å². The second-order valence-corrected chi connectivity index (χ2v) is 6.02. The van der Waals surface area contributed by atoms with Crippen LogP contribution in [0.25, 0.3) is 0 Å². The maximum atomic E-state index is 11.9. The molecule has 0 fully saturated rings. The van der Waals surface area contributed by atoms with Gasteiger partial charge in [0.2, 0.25) is 0 Å². The molecular formula is C15H20N2O5S. The normalized spacial score (nSPS) is 11.7.